The van der Waals surface area contributed by atoms with Crippen LogP contribution in [0.3, 0.4) is 0 Å². The Labute approximate surface area is 132 Å². The van der Waals surface area contributed by atoms with Gasteiger partial charge in [0, 0.05) is 32.4 Å². The summed E-state index contributed by atoms with van der Waals surface area (Å²) in [6, 6.07) is 1.81. The van der Waals surface area contributed by atoms with Crippen molar-refractivity contribution < 1.29 is 13.2 Å². The minimum Gasteiger partial charge on any atom is -0.375 e. The van der Waals surface area contributed by atoms with Gasteiger partial charge in [-0.25, -0.2) is 8.42 Å². The van der Waals surface area contributed by atoms with Crippen LogP contribution in [0.15, 0.2) is 11.8 Å². The summed E-state index contributed by atoms with van der Waals surface area (Å²) in [6.07, 6.45) is 3.97. The summed E-state index contributed by atoms with van der Waals surface area (Å²) in [6.45, 7) is 3.53. The van der Waals surface area contributed by atoms with E-state index in [0.717, 1.165) is 12.8 Å². The van der Waals surface area contributed by atoms with Crippen molar-refractivity contribution in [2.75, 3.05) is 31.6 Å². The fraction of sp³-hybridized carbons (Fsp3) is 0.733. The number of sulfone groups is 1. The predicted molar refractivity (Wildman–Crippen MR) is 83.5 cm³/mol. The van der Waals surface area contributed by atoms with Crippen LogP contribution in [0.2, 0.25) is 0 Å². The number of nitriles is 1. The lowest BCUT2D eigenvalue weighted by Crippen LogP contribution is -2.39. The first-order chi connectivity index (χ1) is 10.3. The Balaban J connectivity index is 2.04. The van der Waals surface area contributed by atoms with E-state index >= 15 is 0 Å². The maximum Gasteiger partial charge on any atom is 0.266 e. The largest absolute Gasteiger partial charge is 0.375 e. The zero-order chi connectivity index (χ0) is 16.3. The first-order valence-corrected chi connectivity index (χ1v) is 9.48. The molecule has 0 aliphatic carbocycles. The summed E-state index contributed by atoms with van der Waals surface area (Å²) in [7, 11) is -1.25. The summed E-state index contributed by atoms with van der Waals surface area (Å²) < 4.78 is 23.1. The van der Waals surface area contributed by atoms with E-state index in [-0.39, 0.29) is 29.0 Å². The summed E-state index contributed by atoms with van der Waals surface area (Å²) in [4.78, 5) is 15.8. The van der Waals surface area contributed by atoms with Crippen LogP contribution in [0.1, 0.15) is 26.2 Å². The standard InChI is InChI=1S/C15H23N3O3S/c1-12-3-6-18(7-4-12)15(19)13(9-16)10-17(2)14-5-8-22(20,21)11-14/h10,12,14H,3-8,11H2,1-2H3/b13-10-. The zero-order valence-electron chi connectivity index (χ0n) is 13.2. The lowest BCUT2D eigenvalue weighted by Gasteiger charge is -2.30. The third-order valence-electron chi connectivity index (χ3n) is 4.54. The van der Waals surface area contributed by atoms with Crippen molar-refractivity contribution in [1.29, 1.82) is 5.26 Å². The molecule has 2 heterocycles. The molecule has 0 bridgehead atoms. The molecule has 6 nitrogen and oxygen atoms in total. The van der Waals surface area contributed by atoms with Crippen molar-refractivity contribution in [1.82, 2.24) is 9.80 Å². The third kappa shape index (κ3) is 4.01. The van der Waals surface area contributed by atoms with Gasteiger partial charge in [-0.15, -0.1) is 0 Å². The van der Waals surface area contributed by atoms with Gasteiger partial charge in [-0.05, 0) is 25.2 Å². The van der Waals surface area contributed by atoms with Gasteiger partial charge in [0.25, 0.3) is 5.91 Å². The van der Waals surface area contributed by atoms with Crippen molar-refractivity contribution in [3.05, 3.63) is 11.8 Å². The smallest absolute Gasteiger partial charge is 0.266 e. The van der Waals surface area contributed by atoms with Gasteiger partial charge >= 0.3 is 0 Å². The molecular weight excluding hydrogens is 302 g/mol. The fourth-order valence-corrected chi connectivity index (χ4v) is 4.71. The topological polar surface area (TPSA) is 81.5 Å². The third-order valence-corrected chi connectivity index (χ3v) is 6.29. The van der Waals surface area contributed by atoms with Crippen molar-refractivity contribution in [3.63, 3.8) is 0 Å². The van der Waals surface area contributed by atoms with Gasteiger partial charge in [-0.3, -0.25) is 4.79 Å². The first kappa shape index (κ1) is 16.8. The Morgan fingerprint density at radius 1 is 1.32 bits per heavy atom. The van der Waals surface area contributed by atoms with E-state index in [0.29, 0.717) is 25.4 Å². The molecule has 1 amide bonds. The second-order valence-electron chi connectivity index (χ2n) is 6.35. The number of likely N-dealkylation sites (tertiary alicyclic amines) is 1. The van der Waals surface area contributed by atoms with Gasteiger partial charge in [0.2, 0.25) is 0 Å². The van der Waals surface area contributed by atoms with Crippen LogP contribution in [0, 0.1) is 17.2 Å². The second-order valence-corrected chi connectivity index (χ2v) is 8.58. The molecule has 2 aliphatic rings. The number of carbonyl (C=O) groups excluding carboxylic acids is 1. The van der Waals surface area contributed by atoms with E-state index < -0.39 is 9.84 Å². The van der Waals surface area contributed by atoms with Crippen molar-refractivity contribution in [3.8, 4) is 6.07 Å². The highest BCUT2D eigenvalue weighted by Crippen LogP contribution is 2.20. The molecule has 0 N–H and O–H groups in total. The Kier molecular flexibility index (Phi) is 5.12. The number of hydrogen-bond acceptors (Lipinski definition) is 5. The highest BCUT2D eigenvalue weighted by Gasteiger charge is 2.30. The molecule has 2 aliphatic heterocycles. The minimum absolute atomic E-state index is 0.0846. The summed E-state index contributed by atoms with van der Waals surface area (Å²) in [5.74, 6) is 0.635. The Hall–Kier alpha value is -1.55. The highest BCUT2D eigenvalue weighted by molar-refractivity contribution is 7.91. The molecule has 0 radical (unpaired) electrons. The van der Waals surface area contributed by atoms with Gasteiger partial charge < -0.3 is 9.80 Å². The van der Waals surface area contributed by atoms with E-state index in [1.807, 2.05) is 6.07 Å². The van der Waals surface area contributed by atoms with Gasteiger partial charge in [-0.2, -0.15) is 5.26 Å². The first-order valence-electron chi connectivity index (χ1n) is 7.66. The molecule has 0 aromatic rings. The van der Waals surface area contributed by atoms with E-state index in [9.17, 15) is 18.5 Å². The average molecular weight is 325 g/mol. The molecule has 2 rings (SSSR count). The molecule has 0 aromatic heterocycles. The van der Waals surface area contributed by atoms with Crippen LogP contribution in [-0.2, 0) is 14.6 Å². The molecule has 2 saturated heterocycles. The van der Waals surface area contributed by atoms with Crippen molar-refractivity contribution >= 4 is 15.7 Å². The normalized spacial score (nSPS) is 25.8. The van der Waals surface area contributed by atoms with Crippen LogP contribution in [0.25, 0.3) is 0 Å². The fourth-order valence-electron chi connectivity index (χ4n) is 2.92. The van der Waals surface area contributed by atoms with E-state index in [1.54, 1.807) is 16.8 Å². The van der Waals surface area contributed by atoms with Crippen molar-refractivity contribution in [2.45, 2.75) is 32.2 Å². The van der Waals surface area contributed by atoms with Crippen molar-refractivity contribution in [2.24, 2.45) is 5.92 Å². The monoisotopic (exact) mass is 325 g/mol. The predicted octanol–water partition coefficient (Wildman–Crippen LogP) is 0.771. The quantitative estimate of drug-likeness (QED) is 0.565. The number of carbonyl (C=O) groups is 1. The molecule has 1 atom stereocenters. The maximum atomic E-state index is 12.4. The molecule has 0 aromatic carbocycles. The van der Waals surface area contributed by atoms with Crippen LogP contribution in [0.5, 0.6) is 0 Å². The van der Waals surface area contributed by atoms with E-state index in [2.05, 4.69) is 6.92 Å². The lowest BCUT2D eigenvalue weighted by molar-refractivity contribution is -0.128. The minimum atomic E-state index is -2.98. The molecule has 1 unspecified atom stereocenters. The molecule has 22 heavy (non-hydrogen) atoms. The Bertz CT molecular complexity index is 598. The lowest BCUT2D eigenvalue weighted by atomic mass is 9.99. The Morgan fingerprint density at radius 3 is 2.45 bits per heavy atom. The molecule has 122 valence electrons. The number of piperidine rings is 1. The van der Waals surface area contributed by atoms with Crippen LogP contribution in [0.4, 0.5) is 0 Å². The summed E-state index contributed by atoms with van der Waals surface area (Å²) >= 11 is 0. The highest BCUT2D eigenvalue weighted by atomic mass is 32.2. The van der Waals surface area contributed by atoms with Crippen LogP contribution >= 0.6 is 0 Å². The number of rotatable bonds is 3. The number of hydrogen-bond donors (Lipinski definition) is 0. The summed E-state index contributed by atoms with van der Waals surface area (Å²) in [5, 5.41) is 9.26. The Morgan fingerprint density at radius 2 is 1.95 bits per heavy atom. The van der Waals surface area contributed by atoms with Gasteiger partial charge in [0.15, 0.2) is 9.84 Å². The molecule has 0 saturated carbocycles. The van der Waals surface area contributed by atoms with Crippen LogP contribution < -0.4 is 0 Å². The maximum absolute atomic E-state index is 12.4. The summed E-state index contributed by atoms with van der Waals surface area (Å²) in [5.41, 5.74) is 0.0846. The van der Waals surface area contributed by atoms with Gasteiger partial charge in [0.1, 0.15) is 11.6 Å². The average Bonchev–Trinajstić information content (AvgIpc) is 2.85. The molecular formula is C15H23N3O3S. The van der Waals surface area contributed by atoms with Gasteiger partial charge in [0.05, 0.1) is 11.5 Å². The second kappa shape index (κ2) is 6.69. The van der Waals surface area contributed by atoms with E-state index in [1.165, 1.54) is 6.20 Å². The molecule has 7 heteroatoms. The van der Waals surface area contributed by atoms with Gasteiger partial charge in [-0.1, -0.05) is 6.92 Å². The zero-order valence-corrected chi connectivity index (χ0v) is 14.0. The number of amides is 1. The van der Waals surface area contributed by atoms with Crippen LogP contribution in [-0.4, -0.2) is 61.8 Å². The van der Waals surface area contributed by atoms with E-state index in [4.69, 9.17) is 0 Å². The number of nitrogens with zero attached hydrogens (tertiary/aromatic N) is 3. The molecule has 0 spiro atoms. The SMILES string of the molecule is CC1CCN(C(=O)/C(C#N)=C\N(C)C2CCS(=O)(=O)C2)CC1. The molecule has 2 fully saturated rings.